The number of aliphatic hydroxyl groups is 1. The molecule has 5 nitrogen and oxygen atoms in total. The van der Waals surface area contributed by atoms with E-state index in [1.54, 1.807) is 12.1 Å². The van der Waals surface area contributed by atoms with Crippen molar-refractivity contribution in [3.8, 4) is 0 Å². The highest BCUT2D eigenvalue weighted by Crippen LogP contribution is 2.45. The molecule has 7 heteroatoms. The van der Waals surface area contributed by atoms with Gasteiger partial charge < -0.3 is 19.3 Å². The molecule has 3 rings (SSSR count). The summed E-state index contributed by atoms with van der Waals surface area (Å²) >= 11 is 0. The van der Waals surface area contributed by atoms with Crippen LogP contribution < -0.4 is 0 Å². The summed E-state index contributed by atoms with van der Waals surface area (Å²) < 4.78 is 34.6. The third-order valence-electron chi connectivity index (χ3n) is 5.33. The van der Waals surface area contributed by atoms with Gasteiger partial charge in [-0.15, -0.1) is 0 Å². The van der Waals surface area contributed by atoms with Crippen LogP contribution in [0.3, 0.4) is 0 Å². The molecule has 1 saturated heterocycles. The first-order chi connectivity index (χ1) is 11.3. The van der Waals surface area contributed by atoms with Gasteiger partial charge in [-0.2, -0.15) is 8.78 Å². The van der Waals surface area contributed by atoms with Crippen molar-refractivity contribution in [2.24, 2.45) is 0 Å². The topological polar surface area (TPSA) is 56.9 Å². The number of carbonyl (C=O) groups is 1. The second-order valence-corrected chi connectivity index (χ2v) is 7.01. The summed E-state index contributed by atoms with van der Waals surface area (Å²) in [4.78, 5) is 16.0. The number of furan rings is 1. The second-order valence-electron chi connectivity index (χ2n) is 7.01. The van der Waals surface area contributed by atoms with Crippen LogP contribution in [0.15, 0.2) is 22.8 Å². The SMILES string of the molecule is CN1CCC(N(Cc2ccco2)C(=O)C(F)(F)C2(O)CCC2)CC1. The first kappa shape index (κ1) is 17.4. The average Bonchev–Trinajstić information content (AvgIpc) is 3.03. The van der Waals surface area contributed by atoms with E-state index in [1.807, 2.05) is 7.05 Å². The Morgan fingerprint density at radius 1 is 1.46 bits per heavy atom. The fraction of sp³-hybridized carbons (Fsp3) is 0.706. The van der Waals surface area contributed by atoms with E-state index in [1.165, 1.54) is 11.2 Å². The quantitative estimate of drug-likeness (QED) is 0.892. The maximum absolute atomic E-state index is 14.7. The van der Waals surface area contributed by atoms with Crippen molar-refractivity contribution in [3.63, 3.8) is 0 Å². The Kier molecular flexibility index (Phi) is 4.66. The zero-order valence-corrected chi connectivity index (χ0v) is 13.9. The van der Waals surface area contributed by atoms with Crippen LogP contribution in [0.5, 0.6) is 0 Å². The smallest absolute Gasteiger partial charge is 0.352 e. The predicted molar refractivity (Wildman–Crippen MR) is 83.5 cm³/mol. The Hall–Kier alpha value is -1.47. The van der Waals surface area contributed by atoms with Crippen LogP contribution in [-0.2, 0) is 11.3 Å². The number of nitrogens with zero attached hydrogens (tertiary/aromatic N) is 2. The molecule has 0 aromatic carbocycles. The first-order valence-corrected chi connectivity index (χ1v) is 8.46. The molecule has 0 spiro atoms. The number of alkyl halides is 2. The van der Waals surface area contributed by atoms with Crippen LogP contribution in [0.4, 0.5) is 8.78 Å². The molecule has 24 heavy (non-hydrogen) atoms. The zero-order chi connectivity index (χ0) is 17.4. The highest BCUT2D eigenvalue weighted by Gasteiger charge is 2.62. The highest BCUT2D eigenvalue weighted by atomic mass is 19.3. The van der Waals surface area contributed by atoms with Gasteiger partial charge in [-0.1, -0.05) is 0 Å². The fourth-order valence-corrected chi connectivity index (χ4v) is 3.45. The summed E-state index contributed by atoms with van der Waals surface area (Å²) in [7, 11) is 1.97. The minimum Gasteiger partial charge on any atom is -0.467 e. The fourth-order valence-electron chi connectivity index (χ4n) is 3.45. The molecule has 1 N–H and O–H groups in total. The molecule has 1 saturated carbocycles. The molecular formula is C17H24F2N2O3. The number of piperidine rings is 1. The summed E-state index contributed by atoms with van der Waals surface area (Å²) in [5.74, 6) is -4.57. The molecule has 1 aromatic heterocycles. The summed E-state index contributed by atoms with van der Waals surface area (Å²) in [6, 6.07) is 3.07. The normalized spacial score (nSPS) is 22.2. The molecule has 2 heterocycles. The minimum atomic E-state index is -3.76. The van der Waals surface area contributed by atoms with E-state index in [4.69, 9.17) is 4.42 Å². The molecular weight excluding hydrogens is 318 g/mol. The van der Waals surface area contributed by atoms with Gasteiger partial charge in [0, 0.05) is 6.04 Å². The number of halogens is 2. The Bertz CT molecular complexity index is 564. The lowest BCUT2D eigenvalue weighted by Crippen LogP contribution is -2.63. The van der Waals surface area contributed by atoms with Crippen LogP contribution in [0.25, 0.3) is 0 Å². The zero-order valence-electron chi connectivity index (χ0n) is 13.9. The monoisotopic (exact) mass is 342 g/mol. The predicted octanol–water partition coefficient (Wildman–Crippen LogP) is 2.25. The molecule has 134 valence electrons. The standard InChI is InChI=1S/C17H24F2N2O3/c1-20-9-5-13(6-10-20)21(12-14-4-2-11-24-14)15(22)17(18,19)16(23)7-3-8-16/h2,4,11,13,23H,3,5-10,12H2,1H3. The van der Waals surface area contributed by atoms with Gasteiger partial charge in [0.05, 0.1) is 12.8 Å². The van der Waals surface area contributed by atoms with Crippen LogP contribution in [0.2, 0.25) is 0 Å². The van der Waals surface area contributed by atoms with Gasteiger partial charge in [0.15, 0.2) is 0 Å². The van der Waals surface area contributed by atoms with Crippen LogP contribution in [0.1, 0.15) is 37.9 Å². The van der Waals surface area contributed by atoms with Crippen molar-refractivity contribution >= 4 is 5.91 Å². The van der Waals surface area contributed by atoms with Crippen LogP contribution >= 0.6 is 0 Å². The van der Waals surface area contributed by atoms with Gasteiger partial charge in [-0.3, -0.25) is 4.79 Å². The van der Waals surface area contributed by atoms with Crippen LogP contribution in [-0.4, -0.2) is 58.5 Å². The molecule has 0 bridgehead atoms. The van der Waals surface area contributed by atoms with Gasteiger partial charge >= 0.3 is 5.92 Å². The van der Waals surface area contributed by atoms with Gasteiger partial charge in [-0.05, 0) is 64.4 Å². The minimum absolute atomic E-state index is 0.00584. The van der Waals surface area contributed by atoms with E-state index in [0.29, 0.717) is 25.0 Å². The Balaban J connectivity index is 1.81. The van der Waals surface area contributed by atoms with Gasteiger partial charge in [0.2, 0.25) is 0 Å². The molecule has 0 unspecified atom stereocenters. The summed E-state index contributed by atoms with van der Waals surface area (Å²) in [5, 5.41) is 10.1. The Labute approximate surface area is 140 Å². The van der Waals surface area contributed by atoms with E-state index in [9.17, 15) is 18.7 Å². The van der Waals surface area contributed by atoms with Crippen molar-refractivity contribution in [3.05, 3.63) is 24.2 Å². The van der Waals surface area contributed by atoms with Gasteiger partial charge in [-0.25, -0.2) is 0 Å². The number of likely N-dealkylation sites (tertiary alicyclic amines) is 1. The Morgan fingerprint density at radius 2 is 2.12 bits per heavy atom. The number of hydrogen-bond acceptors (Lipinski definition) is 4. The van der Waals surface area contributed by atoms with Crippen molar-refractivity contribution in [1.29, 1.82) is 0 Å². The molecule has 1 amide bonds. The molecule has 2 fully saturated rings. The second kappa shape index (κ2) is 6.44. The number of hydrogen-bond donors (Lipinski definition) is 1. The average molecular weight is 342 g/mol. The molecule has 1 aliphatic carbocycles. The lowest BCUT2D eigenvalue weighted by Gasteiger charge is -2.45. The third kappa shape index (κ3) is 3.07. The number of rotatable bonds is 5. The van der Waals surface area contributed by atoms with E-state index >= 15 is 0 Å². The molecule has 1 aromatic rings. The maximum atomic E-state index is 14.7. The lowest BCUT2D eigenvalue weighted by molar-refractivity contribution is -0.226. The van der Waals surface area contributed by atoms with E-state index in [2.05, 4.69) is 4.90 Å². The first-order valence-electron chi connectivity index (χ1n) is 8.46. The van der Waals surface area contributed by atoms with Gasteiger partial charge in [0.25, 0.3) is 5.91 Å². The lowest BCUT2D eigenvalue weighted by atomic mass is 9.74. The summed E-state index contributed by atoms with van der Waals surface area (Å²) in [6.45, 7) is 1.51. The molecule has 2 aliphatic rings. The van der Waals surface area contributed by atoms with Crippen molar-refractivity contribution in [1.82, 2.24) is 9.80 Å². The number of amides is 1. The van der Waals surface area contributed by atoms with E-state index < -0.39 is 17.4 Å². The molecule has 0 atom stereocenters. The highest BCUT2D eigenvalue weighted by molar-refractivity contribution is 5.85. The molecule has 0 radical (unpaired) electrons. The van der Waals surface area contributed by atoms with Crippen molar-refractivity contribution in [2.45, 2.75) is 56.2 Å². The number of carbonyl (C=O) groups excluding carboxylic acids is 1. The van der Waals surface area contributed by atoms with E-state index in [0.717, 1.165) is 13.1 Å². The maximum Gasteiger partial charge on any atom is 0.352 e. The Morgan fingerprint density at radius 3 is 2.62 bits per heavy atom. The van der Waals surface area contributed by atoms with Crippen molar-refractivity contribution in [2.75, 3.05) is 20.1 Å². The largest absolute Gasteiger partial charge is 0.467 e. The van der Waals surface area contributed by atoms with Crippen LogP contribution in [0, 0.1) is 0 Å². The van der Waals surface area contributed by atoms with E-state index in [-0.39, 0.29) is 25.4 Å². The summed E-state index contributed by atoms with van der Waals surface area (Å²) in [6.07, 6.45) is 3.19. The van der Waals surface area contributed by atoms with Crippen molar-refractivity contribution < 1.29 is 23.1 Å². The molecule has 1 aliphatic heterocycles. The van der Waals surface area contributed by atoms with Gasteiger partial charge in [0.1, 0.15) is 11.4 Å². The summed E-state index contributed by atoms with van der Waals surface area (Å²) in [5.41, 5.74) is -2.20. The third-order valence-corrected chi connectivity index (χ3v) is 5.33.